The zero-order valence-electron chi connectivity index (χ0n) is 10.0. The van der Waals surface area contributed by atoms with Crippen LogP contribution in [0.5, 0.6) is 0 Å². The van der Waals surface area contributed by atoms with Crippen LogP contribution in [0, 0.1) is 0 Å². The molecule has 0 aliphatic carbocycles. The van der Waals surface area contributed by atoms with Gasteiger partial charge in [-0.2, -0.15) is 0 Å². The molecule has 1 unspecified atom stereocenters. The first-order valence-electron chi connectivity index (χ1n) is 6.06. The molecule has 1 aliphatic heterocycles. The van der Waals surface area contributed by atoms with Crippen LogP contribution in [-0.4, -0.2) is 27.5 Å². The van der Waals surface area contributed by atoms with Crippen LogP contribution in [0.25, 0.3) is 0 Å². The van der Waals surface area contributed by atoms with Gasteiger partial charge in [0.15, 0.2) is 0 Å². The molecule has 1 saturated heterocycles. The molecule has 4 nitrogen and oxygen atoms in total. The Morgan fingerprint density at radius 1 is 1.33 bits per heavy atom. The molecule has 0 spiro atoms. The molecule has 1 heterocycles. The van der Waals surface area contributed by atoms with Crippen LogP contribution in [0.15, 0.2) is 29.2 Å². The molecule has 1 aliphatic rings. The minimum atomic E-state index is -3.47. The van der Waals surface area contributed by atoms with E-state index in [0.717, 1.165) is 25.8 Å². The molecule has 1 atom stereocenters. The van der Waals surface area contributed by atoms with E-state index >= 15 is 0 Å². The fraction of sp³-hybridized carbons (Fsp3) is 0.500. The van der Waals surface area contributed by atoms with Crippen LogP contribution in [-0.2, 0) is 10.0 Å². The molecule has 100 valence electrons. The summed E-state index contributed by atoms with van der Waals surface area (Å²) in [5.74, 6) is 0. The fourth-order valence-corrected chi connectivity index (χ4v) is 3.61. The summed E-state index contributed by atoms with van der Waals surface area (Å²) in [7, 11) is -3.47. The molecule has 0 bridgehead atoms. The second kappa shape index (κ2) is 6.02. The monoisotopic (exact) mass is 288 g/mol. The van der Waals surface area contributed by atoms with Crippen LogP contribution in [0.3, 0.4) is 0 Å². The van der Waals surface area contributed by atoms with Gasteiger partial charge in [0, 0.05) is 17.6 Å². The summed E-state index contributed by atoms with van der Waals surface area (Å²) in [5, 5.41) is 3.66. The lowest BCUT2D eigenvalue weighted by atomic mass is 10.2. The second-order valence-corrected chi connectivity index (χ2v) is 6.63. The van der Waals surface area contributed by atoms with Gasteiger partial charge in [0.05, 0.1) is 4.90 Å². The van der Waals surface area contributed by atoms with E-state index in [4.69, 9.17) is 11.6 Å². The van der Waals surface area contributed by atoms with Crippen molar-refractivity contribution in [3.63, 3.8) is 0 Å². The normalized spacial score (nSPS) is 21.5. The van der Waals surface area contributed by atoms with E-state index in [2.05, 4.69) is 10.0 Å². The van der Waals surface area contributed by atoms with E-state index < -0.39 is 10.0 Å². The smallest absolute Gasteiger partial charge is 0.240 e. The molecule has 2 rings (SSSR count). The first-order valence-corrected chi connectivity index (χ1v) is 7.93. The third kappa shape index (κ3) is 3.68. The Labute approximate surface area is 113 Å². The quantitative estimate of drug-likeness (QED) is 0.891. The lowest BCUT2D eigenvalue weighted by Gasteiger charge is -2.16. The molecule has 0 radical (unpaired) electrons. The summed E-state index contributed by atoms with van der Waals surface area (Å²) >= 11 is 5.82. The number of benzene rings is 1. The molecule has 1 aromatic rings. The van der Waals surface area contributed by atoms with Crippen molar-refractivity contribution in [3.05, 3.63) is 29.3 Å². The zero-order chi connectivity index (χ0) is 13.0. The van der Waals surface area contributed by atoms with Gasteiger partial charge < -0.3 is 5.32 Å². The number of hydrogen-bond acceptors (Lipinski definition) is 3. The number of hydrogen-bond donors (Lipinski definition) is 2. The van der Waals surface area contributed by atoms with Crippen LogP contribution in [0.4, 0.5) is 0 Å². The van der Waals surface area contributed by atoms with Crippen LogP contribution in [0.2, 0.25) is 5.02 Å². The maximum absolute atomic E-state index is 12.2. The van der Waals surface area contributed by atoms with Gasteiger partial charge in [-0.3, -0.25) is 0 Å². The van der Waals surface area contributed by atoms with E-state index in [0.29, 0.717) is 11.6 Å². The average Bonchev–Trinajstić information content (AvgIpc) is 2.57. The third-order valence-electron chi connectivity index (χ3n) is 2.98. The first-order chi connectivity index (χ1) is 8.58. The van der Waals surface area contributed by atoms with E-state index in [1.54, 1.807) is 18.2 Å². The highest BCUT2D eigenvalue weighted by molar-refractivity contribution is 7.89. The summed E-state index contributed by atoms with van der Waals surface area (Å²) in [6, 6.07) is 6.28. The predicted molar refractivity (Wildman–Crippen MR) is 72.3 cm³/mol. The van der Waals surface area contributed by atoms with Crippen molar-refractivity contribution in [1.82, 2.24) is 10.0 Å². The van der Waals surface area contributed by atoms with E-state index in [9.17, 15) is 8.42 Å². The van der Waals surface area contributed by atoms with Gasteiger partial charge in [0.2, 0.25) is 10.0 Å². The Morgan fingerprint density at radius 2 is 2.17 bits per heavy atom. The lowest BCUT2D eigenvalue weighted by molar-refractivity contribution is 0.521. The highest BCUT2D eigenvalue weighted by Crippen LogP contribution is 2.16. The Bertz CT molecular complexity index is 497. The summed E-state index contributed by atoms with van der Waals surface area (Å²) in [6.07, 6.45) is 3.00. The first kappa shape index (κ1) is 13.8. The van der Waals surface area contributed by atoms with Gasteiger partial charge in [-0.25, -0.2) is 13.1 Å². The van der Waals surface area contributed by atoms with Gasteiger partial charge in [-0.1, -0.05) is 24.1 Å². The van der Waals surface area contributed by atoms with Crippen molar-refractivity contribution in [2.75, 3.05) is 13.1 Å². The maximum atomic E-state index is 12.2. The Hall–Kier alpha value is -0.620. The Kier molecular flexibility index (Phi) is 4.61. The standard InChI is InChI=1S/C12H17ClN2O2S/c13-10-4-3-6-12(8-10)18(16,17)15-11-5-1-2-7-14-9-11/h3-4,6,8,11,14-15H,1-2,5,7,9H2. The van der Waals surface area contributed by atoms with Gasteiger partial charge in [-0.15, -0.1) is 0 Å². The van der Waals surface area contributed by atoms with Crippen molar-refractivity contribution < 1.29 is 8.42 Å². The zero-order valence-corrected chi connectivity index (χ0v) is 11.6. The summed E-state index contributed by atoms with van der Waals surface area (Å²) in [6.45, 7) is 1.63. The van der Waals surface area contributed by atoms with E-state index in [1.165, 1.54) is 6.07 Å². The number of sulfonamides is 1. The molecule has 0 amide bonds. The molecule has 2 N–H and O–H groups in total. The van der Waals surface area contributed by atoms with Crippen molar-refractivity contribution in [3.8, 4) is 0 Å². The molecule has 1 aromatic carbocycles. The largest absolute Gasteiger partial charge is 0.315 e. The minimum absolute atomic E-state index is 0.0449. The van der Waals surface area contributed by atoms with Crippen molar-refractivity contribution in [2.24, 2.45) is 0 Å². The van der Waals surface area contributed by atoms with Gasteiger partial charge in [0.25, 0.3) is 0 Å². The minimum Gasteiger partial charge on any atom is -0.315 e. The molecule has 18 heavy (non-hydrogen) atoms. The topological polar surface area (TPSA) is 58.2 Å². The highest BCUT2D eigenvalue weighted by atomic mass is 35.5. The fourth-order valence-electron chi connectivity index (χ4n) is 2.04. The van der Waals surface area contributed by atoms with Crippen LogP contribution < -0.4 is 10.0 Å². The number of nitrogens with one attached hydrogen (secondary N) is 2. The molecule has 6 heteroatoms. The summed E-state index contributed by atoms with van der Waals surface area (Å²) in [4.78, 5) is 0.222. The SMILES string of the molecule is O=S(=O)(NC1CCCCNC1)c1cccc(Cl)c1. The molecule has 1 fully saturated rings. The van der Waals surface area contributed by atoms with E-state index in [-0.39, 0.29) is 10.9 Å². The molecular weight excluding hydrogens is 272 g/mol. The lowest BCUT2D eigenvalue weighted by Crippen LogP contribution is -2.40. The summed E-state index contributed by atoms with van der Waals surface area (Å²) in [5.41, 5.74) is 0. The maximum Gasteiger partial charge on any atom is 0.240 e. The average molecular weight is 289 g/mol. The molecule has 0 aromatic heterocycles. The number of rotatable bonds is 3. The second-order valence-electron chi connectivity index (χ2n) is 4.48. The highest BCUT2D eigenvalue weighted by Gasteiger charge is 2.20. The van der Waals surface area contributed by atoms with Gasteiger partial charge in [0.1, 0.15) is 0 Å². The summed E-state index contributed by atoms with van der Waals surface area (Å²) < 4.78 is 27.1. The Balaban J connectivity index is 2.11. The van der Waals surface area contributed by atoms with Crippen molar-refractivity contribution in [1.29, 1.82) is 0 Å². The van der Waals surface area contributed by atoms with Crippen molar-refractivity contribution >= 4 is 21.6 Å². The van der Waals surface area contributed by atoms with Crippen LogP contribution >= 0.6 is 11.6 Å². The molecular formula is C12H17ClN2O2S. The molecule has 0 saturated carbocycles. The predicted octanol–water partition coefficient (Wildman–Crippen LogP) is 1.76. The van der Waals surface area contributed by atoms with Gasteiger partial charge >= 0.3 is 0 Å². The van der Waals surface area contributed by atoms with E-state index in [1.807, 2.05) is 0 Å². The third-order valence-corrected chi connectivity index (χ3v) is 4.73. The van der Waals surface area contributed by atoms with Crippen LogP contribution in [0.1, 0.15) is 19.3 Å². The Morgan fingerprint density at radius 3 is 2.94 bits per heavy atom. The van der Waals surface area contributed by atoms with Crippen molar-refractivity contribution in [2.45, 2.75) is 30.2 Å². The van der Waals surface area contributed by atoms with Gasteiger partial charge in [-0.05, 0) is 37.6 Å². The number of halogens is 1.